The van der Waals surface area contributed by atoms with Crippen LogP contribution in [0.2, 0.25) is 0 Å². The van der Waals surface area contributed by atoms with Gasteiger partial charge in [-0.2, -0.15) is 26.3 Å². The summed E-state index contributed by atoms with van der Waals surface area (Å²) in [6.07, 6.45) is 0.266. The lowest BCUT2D eigenvalue weighted by atomic mass is 10.0. The van der Waals surface area contributed by atoms with E-state index in [1.807, 2.05) is 4.90 Å². The number of halogens is 6. The number of amides is 1. The SMILES string of the molecule is O=C(CCCN1CCC(Nc2ccc(C(F)(F)F)cc2)CC1)N1CCC(Nc2ccc(SC(F)(F)F)cc2)CC1. The Bertz CT molecular complexity index is 1080. The van der Waals surface area contributed by atoms with Crippen LogP contribution in [0.15, 0.2) is 53.4 Å². The summed E-state index contributed by atoms with van der Waals surface area (Å²) in [5.74, 6) is 0.144. The quantitative estimate of drug-likeness (QED) is 0.242. The van der Waals surface area contributed by atoms with Crippen molar-refractivity contribution in [1.29, 1.82) is 0 Å². The first-order chi connectivity index (χ1) is 18.9. The molecular weight excluding hydrogens is 554 g/mol. The van der Waals surface area contributed by atoms with Crippen LogP contribution in [0.3, 0.4) is 0 Å². The van der Waals surface area contributed by atoms with Crippen molar-refractivity contribution < 1.29 is 31.1 Å². The van der Waals surface area contributed by atoms with Crippen LogP contribution in [-0.2, 0) is 11.0 Å². The van der Waals surface area contributed by atoms with Crippen molar-refractivity contribution in [3.8, 4) is 0 Å². The fourth-order valence-electron chi connectivity index (χ4n) is 5.17. The van der Waals surface area contributed by atoms with Gasteiger partial charge in [0.2, 0.25) is 5.91 Å². The van der Waals surface area contributed by atoms with Gasteiger partial charge in [0.1, 0.15) is 0 Å². The van der Waals surface area contributed by atoms with Gasteiger partial charge in [0.15, 0.2) is 0 Å². The fraction of sp³-hybridized carbons (Fsp3) is 0.536. The number of hydrogen-bond donors (Lipinski definition) is 2. The summed E-state index contributed by atoms with van der Waals surface area (Å²) in [6, 6.07) is 11.7. The smallest absolute Gasteiger partial charge is 0.382 e. The van der Waals surface area contributed by atoms with Crippen molar-refractivity contribution in [2.75, 3.05) is 43.4 Å². The van der Waals surface area contributed by atoms with E-state index in [1.54, 1.807) is 12.1 Å². The molecule has 0 spiro atoms. The van der Waals surface area contributed by atoms with E-state index in [2.05, 4.69) is 15.5 Å². The van der Waals surface area contributed by atoms with Gasteiger partial charge < -0.3 is 20.4 Å². The summed E-state index contributed by atoms with van der Waals surface area (Å²) in [4.78, 5) is 17.1. The standard InChI is InChI=1S/C28H34F6N4OS/c29-27(30,31)20-3-5-21(6-4-20)35-23-11-16-37(17-12-23)15-1-2-26(39)38-18-13-24(14-19-38)36-22-7-9-25(10-8-22)40-28(32,33)34/h3-10,23-24,35-36H,1-2,11-19H2. The van der Waals surface area contributed by atoms with E-state index >= 15 is 0 Å². The van der Waals surface area contributed by atoms with Gasteiger partial charge in [-0.05, 0) is 98.9 Å². The van der Waals surface area contributed by atoms with E-state index in [9.17, 15) is 31.1 Å². The van der Waals surface area contributed by atoms with Crippen LogP contribution in [0.1, 0.15) is 44.1 Å². The second kappa shape index (κ2) is 13.4. The molecule has 0 aliphatic carbocycles. The molecule has 0 aromatic heterocycles. The molecular formula is C28H34F6N4OS. The van der Waals surface area contributed by atoms with Crippen LogP contribution >= 0.6 is 11.8 Å². The van der Waals surface area contributed by atoms with E-state index < -0.39 is 17.2 Å². The third-order valence-corrected chi connectivity index (χ3v) is 8.08. The third-order valence-electron chi connectivity index (χ3n) is 7.34. The number of carbonyl (C=O) groups excluding carboxylic acids is 1. The maximum absolute atomic E-state index is 12.7. The van der Waals surface area contributed by atoms with Crippen LogP contribution in [0, 0.1) is 0 Å². The average Bonchev–Trinajstić information content (AvgIpc) is 2.90. The highest BCUT2D eigenvalue weighted by atomic mass is 32.2. The summed E-state index contributed by atoms with van der Waals surface area (Å²) in [5.41, 5.74) is -3.49. The molecule has 2 saturated heterocycles. The molecule has 2 heterocycles. The molecule has 1 amide bonds. The van der Waals surface area contributed by atoms with Crippen molar-refractivity contribution in [2.24, 2.45) is 0 Å². The Labute approximate surface area is 234 Å². The van der Waals surface area contributed by atoms with Gasteiger partial charge in [0.25, 0.3) is 0 Å². The highest BCUT2D eigenvalue weighted by Crippen LogP contribution is 2.37. The number of piperidine rings is 2. The topological polar surface area (TPSA) is 47.6 Å². The van der Waals surface area contributed by atoms with Gasteiger partial charge in [0.05, 0.1) is 5.56 Å². The minimum Gasteiger partial charge on any atom is -0.382 e. The molecule has 0 atom stereocenters. The number of nitrogens with zero attached hydrogens (tertiary/aromatic N) is 2. The Balaban J connectivity index is 1.09. The minimum absolute atomic E-state index is 0.131. The van der Waals surface area contributed by atoms with Crippen molar-refractivity contribution in [3.63, 3.8) is 0 Å². The molecule has 0 radical (unpaired) electrons. The summed E-state index contributed by atoms with van der Waals surface area (Å²) < 4.78 is 75.7. The number of benzene rings is 2. The predicted octanol–water partition coefficient (Wildman–Crippen LogP) is 7.08. The molecule has 2 aromatic rings. The summed E-state index contributed by atoms with van der Waals surface area (Å²) in [5, 5.41) is 6.68. The number of carbonyl (C=O) groups is 1. The predicted molar refractivity (Wildman–Crippen MR) is 145 cm³/mol. The van der Waals surface area contributed by atoms with Gasteiger partial charge in [-0.25, -0.2) is 0 Å². The Morgan fingerprint density at radius 2 is 1.27 bits per heavy atom. The van der Waals surface area contributed by atoms with E-state index in [1.165, 1.54) is 24.3 Å². The highest BCUT2D eigenvalue weighted by Gasteiger charge is 2.31. The first-order valence-electron chi connectivity index (χ1n) is 13.5. The van der Waals surface area contributed by atoms with Gasteiger partial charge in [-0.1, -0.05) is 0 Å². The van der Waals surface area contributed by atoms with E-state index in [0.717, 1.165) is 69.6 Å². The molecule has 2 aliphatic rings. The van der Waals surface area contributed by atoms with Gasteiger partial charge in [0, 0.05) is 61.0 Å². The number of thioether (sulfide) groups is 1. The minimum atomic E-state index is -4.33. The zero-order valence-electron chi connectivity index (χ0n) is 22.0. The Kier molecular flexibility index (Phi) is 10.2. The number of nitrogens with one attached hydrogen (secondary N) is 2. The summed E-state index contributed by atoms with van der Waals surface area (Å²) in [7, 11) is 0. The highest BCUT2D eigenvalue weighted by molar-refractivity contribution is 8.00. The molecule has 4 rings (SSSR count). The van der Waals surface area contributed by atoms with Gasteiger partial charge in [-0.3, -0.25) is 4.79 Å². The second-order valence-corrected chi connectivity index (χ2v) is 11.4. The Morgan fingerprint density at radius 1 is 0.775 bits per heavy atom. The molecule has 5 nitrogen and oxygen atoms in total. The van der Waals surface area contributed by atoms with Crippen molar-refractivity contribution in [1.82, 2.24) is 9.80 Å². The molecule has 2 N–H and O–H groups in total. The lowest BCUT2D eigenvalue weighted by Crippen LogP contribution is -2.43. The van der Waals surface area contributed by atoms with Crippen molar-refractivity contribution in [2.45, 2.75) is 67.2 Å². The number of alkyl halides is 6. The second-order valence-electron chi connectivity index (χ2n) is 10.3. The number of rotatable bonds is 9. The molecule has 2 fully saturated rings. The zero-order valence-corrected chi connectivity index (χ0v) is 22.8. The molecule has 2 aromatic carbocycles. The monoisotopic (exact) mass is 588 g/mol. The fourth-order valence-corrected chi connectivity index (χ4v) is 5.71. The van der Waals surface area contributed by atoms with E-state index in [4.69, 9.17) is 0 Å². The lowest BCUT2D eigenvalue weighted by molar-refractivity contribution is -0.137. The number of likely N-dealkylation sites (tertiary alicyclic amines) is 2. The van der Waals surface area contributed by atoms with Crippen LogP contribution in [0.5, 0.6) is 0 Å². The van der Waals surface area contributed by atoms with Crippen LogP contribution in [0.25, 0.3) is 0 Å². The van der Waals surface area contributed by atoms with Crippen molar-refractivity contribution >= 4 is 29.0 Å². The van der Waals surface area contributed by atoms with Crippen LogP contribution < -0.4 is 10.6 Å². The maximum Gasteiger partial charge on any atom is 0.446 e. The van der Waals surface area contributed by atoms with Crippen LogP contribution in [0.4, 0.5) is 37.7 Å². The Hall–Kier alpha value is -2.60. The van der Waals surface area contributed by atoms with Crippen molar-refractivity contribution in [3.05, 3.63) is 54.1 Å². The molecule has 2 aliphatic heterocycles. The Morgan fingerprint density at radius 3 is 1.77 bits per heavy atom. The van der Waals surface area contributed by atoms with Crippen LogP contribution in [-0.4, -0.2) is 66.0 Å². The maximum atomic E-state index is 12.7. The molecule has 40 heavy (non-hydrogen) atoms. The molecule has 0 bridgehead atoms. The first kappa shape index (κ1) is 30.4. The first-order valence-corrected chi connectivity index (χ1v) is 14.3. The van der Waals surface area contributed by atoms with Gasteiger partial charge >= 0.3 is 11.7 Å². The zero-order chi connectivity index (χ0) is 28.8. The largest absolute Gasteiger partial charge is 0.446 e. The summed E-state index contributed by atoms with van der Waals surface area (Å²) >= 11 is -0.131. The van der Waals surface area contributed by atoms with E-state index in [-0.39, 0.29) is 34.6 Å². The molecule has 0 saturated carbocycles. The molecule has 220 valence electrons. The molecule has 12 heteroatoms. The third kappa shape index (κ3) is 9.50. The molecule has 0 unspecified atom stereocenters. The lowest BCUT2D eigenvalue weighted by Gasteiger charge is -2.34. The van der Waals surface area contributed by atoms with E-state index in [0.29, 0.717) is 25.2 Å². The summed E-state index contributed by atoms with van der Waals surface area (Å²) in [6.45, 7) is 3.89. The number of anilines is 2. The van der Waals surface area contributed by atoms with Gasteiger partial charge in [-0.15, -0.1) is 0 Å². The average molecular weight is 589 g/mol. The normalized spacial score (nSPS) is 18.1. The number of hydrogen-bond acceptors (Lipinski definition) is 5.